The van der Waals surface area contributed by atoms with Gasteiger partial charge in [-0.2, -0.15) is 0 Å². The minimum absolute atomic E-state index is 0.0767. The standard InChI is InChI=1S/C23H26N4O3/c1-4-30-23(29)26-13-11-25(12-14-26)22(28)21-20(18-8-5-16(2)6-9-18)24-19-10-7-17(3)15-27(19)21/h5-10,15H,4,11-14H2,1-3H3. The fraction of sp³-hybridized carbons (Fsp3) is 0.348. The summed E-state index contributed by atoms with van der Waals surface area (Å²) in [6, 6.07) is 12.0. The van der Waals surface area contributed by atoms with Gasteiger partial charge in [0.2, 0.25) is 0 Å². The summed E-state index contributed by atoms with van der Waals surface area (Å²) in [5.41, 5.74) is 5.10. The van der Waals surface area contributed by atoms with Crippen LogP contribution in [0.3, 0.4) is 0 Å². The Morgan fingerprint density at radius 2 is 1.57 bits per heavy atom. The molecule has 0 bridgehead atoms. The van der Waals surface area contributed by atoms with Crippen molar-refractivity contribution in [2.75, 3.05) is 32.8 Å². The second-order valence-corrected chi connectivity index (χ2v) is 7.59. The van der Waals surface area contributed by atoms with E-state index in [1.54, 1.807) is 16.7 Å². The number of carbonyl (C=O) groups is 2. The molecule has 1 fully saturated rings. The lowest BCUT2D eigenvalue weighted by atomic mass is 10.1. The van der Waals surface area contributed by atoms with E-state index < -0.39 is 0 Å². The van der Waals surface area contributed by atoms with Crippen molar-refractivity contribution in [1.29, 1.82) is 0 Å². The fourth-order valence-corrected chi connectivity index (χ4v) is 3.72. The molecular formula is C23H26N4O3. The van der Waals surface area contributed by atoms with Crippen molar-refractivity contribution in [2.45, 2.75) is 20.8 Å². The maximum Gasteiger partial charge on any atom is 0.409 e. The van der Waals surface area contributed by atoms with Crippen LogP contribution in [0.25, 0.3) is 16.9 Å². The molecular weight excluding hydrogens is 380 g/mol. The smallest absolute Gasteiger partial charge is 0.409 e. The van der Waals surface area contributed by atoms with Crippen LogP contribution in [0, 0.1) is 13.8 Å². The van der Waals surface area contributed by atoms with Gasteiger partial charge in [-0.05, 0) is 32.4 Å². The van der Waals surface area contributed by atoms with Crippen LogP contribution in [-0.2, 0) is 4.74 Å². The van der Waals surface area contributed by atoms with Gasteiger partial charge in [-0.1, -0.05) is 35.9 Å². The zero-order chi connectivity index (χ0) is 21.3. The number of hydrogen-bond acceptors (Lipinski definition) is 4. The molecule has 0 saturated carbocycles. The SMILES string of the molecule is CCOC(=O)N1CCN(C(=O)c2c(-c3ccc(C)cc3)nc3ccc(C)cn23)CC1. The number of benzene rings is 1. The molecule has 156 valence electrons. The highest BCUT2D eigenvalue weighted by Gasteiger charge is 2.29. The van der Waals surface area contributed by atoms with Gasteiger partial charge >= 0.3 is 6.09 Å². The number of rotatable bonds is 3. The molecule has 3 aromatic rings. The molecule has 1 aliphatic heterocycles. The lowest BCUT2D eigenvalue weighted by Gasteiger charge is -2.34. The summed E-state index contributed by atoms with van der Waals surface area (Å²) < 4.78 is 6.96. The van der Waals surface area contributed by atoms with Crippen LogP contribution in [0.4, 0.5) is 4.79 Å². The van der Waals surface area contributed by atoms with E-state index in [1.807, 2.05) is 60.8 Å². The van der Waals surface area contributed by atoms with Crippen molar-refractivity contribution in [3.8, 4) is 11.3 Å². The first-order valence-corrected chi connectivity index (χ1v) is 10.2. The van der Waals surface area contributed by atoms with Gasteiger partial charge in [0.15, 0.2) is 0 Å². The van der Waals surface area contributed by atoms with E-state index in [-0.39, 0.29) is 12.0 Å². The normalized spacial score (nSPS) is 14.2. The minimum atomic E-state index is -0.324. The van der Waals surface area contributed by atoms with Crippen molar-refractivity contribution in [3.05, 3.63) is 59.4 Å². The van der Waals surface area contributed by atoms with Crippen LogP contribution < -0.4 is 0 Å². The van der Waals surface area contributed by atoms with Gasteiger partial charge in [-0.25, -0.2) is 9.78 Å². The average molecular weight is 406 g/mol. The van der Waals surface area contributed by atoms with Crippen LogP contribution in [0.2, 0.25) is 0 Å². The predicted molar refractivity (Wildman–Crippen MR) is 115 cm³/mol. The number of ether oxygens (including phenoxy) is 1. The summed E-state index contributed by atoms with van der Waals surface area (Å²) in [7, 11) is 0. The van der Waals surface area contributed by atoms with E-state index in [0.717, 1.165) is 22.3 Å². The van der Waals surface area contributed by atoms with Gasteiger partial charge in [0.1, 0.15) is 17.0 Å². The third-order valence-electron chi connectivity index (χ3n) is 5.39. The van der Waals surface area contributed by atoms with Crippen molar-refractivity contribution >= 4 is 17.6 Å². The molecule has 1 saturated heterocycles. The molecule has 0 unspecified atom stereocenters. The third-order valence-corrected chi connectivity index (χ3v) is 5.39. The molecule has 0 spiro atoms. The number of amides is 2. The first-order chi connectivity index (χ1) is 14.5. The molecule has 2 amide bonds. The van der Waals surface area contributed by atoms with E-state index in [9.17, 15) is 9.59 Å². The van der Waals surface area contributed by atoms with Gasteiger partial charge in [0, 0.05) is 37.9 Å². The summed E-state index contributed by atoms with van der Waals surface area (Å²) in [6.07, 6.45) is 1.62. The summed E-state index contributed by atoms with van der Waals surface area (Å²) in [5, 5.41) is 0. The Bertz CT molecular complexity index is 1080. The number of nitrogens with zero attached hydrogens (tertiary/aromatic N) is 4. The second kappa shape index (κ2) is 8.18. The van der Waals surface area contributed by atoms with Crippen molar-refractivity contribution in [3.63, 3.8) is 0 Å². The van der Waals surface area contributed by atoms with E-state index >= 15 is 0 Å². The molecule has 7 nitrogen and oxygen atoms in total. The predicted octanol–water partition coefficient (Wildman–Crippen LogP) is 3.53. The molecule has 2 aromatic heterocycles. The van der Waals surface area contributed by atoms with E-state index in [2.05, 4.69) is 0 Å². The van der Waals surface area contributed by atoms with Crippen LogP contribution in [0.1, 0.15) is 28.5 Å². The summed E-state index contributed by atoms with van der Waals surface area (Å²) in [5.74, 6) is -0.0767. The highest BCUT2D eigenvalue weighted by atomic mass is 16.6. The van der Waals surface area contributed by atoms with Gasteiger partial charge in [-0.15, -0.1) is 0 Å². The summed E-state index contributed by atoms with van der Waals surface area (Å²) in [4.78, 5) is 33.8. The second-order valence-electron chi connectivity index (χ2n) is 7.59. The molecule has 0 radical (unpaired) electrons. The van der Waals surface area contributed by atoms with Crippen molar-refractivity contribution in [1.82, 2.24) is 19.2 Å². The number of hydrogen-bond donors (Lipinski definition) is 0. The fourth-order valence-electron chi connectivity index (χ4n) is 3.72. The van der Waals surface area contributed by atoms with Crippen molar-refractivity contribution < 1.29 is 14.3 Å². The summed E-state index contributed by atoms with van der Waals surface area (Å²) >= 11 is 0. The Hall–Kier alpha value is -3.35. The molecule has 4 rings (SSSR count). The number of aromatic nitrogens is 2. The number of piperazine rings is 1. The Labute approximate surface area is 175 Å². The zero-order valence-corrected chi connectivity index (χ0v) is 17.6. The van der Waals surface area contributed by atoms with Gasteiger partial charge in [0.05, 0.1) is 6.61 Å². The minimum Gasteiger partial charge on any atom is -0.450 e. The van der Waals surface area contributed by atoms with Crippen LogP contribution in [-0.4, -0.2) is 64.0 Å². The highest BCUT2D eigenvalue weighted by Crippen LogP contribution is 2.27. The van der Waals surface area contributed by atoms with Crippen LogP contribution in [0.5, 0.6) is 0 Å². The van der Waals surface area contributed by atoms with Gasteiger partial charge in [0.25, 0.3) is 5.91 Å². The maximum atomic E-state index is 13.6. The van der Waals surface area contributed by atoms with E-state index in [4.69, 9.17) is 9.72 Å². The largest absolute Gasteiger partial charge is 0.450 e. The number of imidazole rings is 1. The Morgan fingerprint density at radius 1 is 0.933 bits per heavy atom. The van der Waals surface area contributed by atoms with E-state index in [0.29, 0.717) is 44.2 Å². The van der Waals surface area contributed by atoms with Crippen LogP contribution >= 0.6 is 0 Å². The third kappa shape index (κ3) is 3.75. The lowest BCUT2D eigenvalue weighted by molar-refractivity contribution is 0.0566. The molecule has 1 aromatic carbocycles. The van der Waals surface area contributed by atoms with Crippen LogP contribution in [0.15, 0.2) is 42.6 Å². The lowest BCUT2D eigenvalue weighted by Crippen LogP contribution is -2.51. The number of aryl methyl sites for hydroxylation is 2. The first-order valence-electron chi connectivity index (χ1n) is 10.2. The number of pyridine rings is 1. The molecule has 0 N–H and O–H groups in total. The molecule has 3 heterocycles. The monoisotopic (exact) mass is 406 g/mol. The Balaban J connectivity index is 1.68. The Morgan fingerprint density at radius 3 is 2.23 bits per heavy atom. The first kappa shape index (κ1) is 19.9. The molecule has 1 aliphatic rings. The maximum absolute atomic E-state index is 13.6. The number of fused-ring (bicyclic) bond motifs is 1. The zero-order valence-electron chi connectivity index (χ0n) is 17.6. The molecule has 30 heavy (non-hydrogen) atoms. The topological polar surface area (TPSA) is 67.2 Å². The van der Waals surface area contributed by atoms with E-state index in [1.165, 1.54) is 0 Å². The quantitative estimate of drug-likeness (QED) is 0.667. The number of carbonyl (C=O) groups excluding carboxylic acids is 2. The molecule has 0 aliphatic carbocycles. The highest BCUT2D eigenvalue weighted by molar-refractivity contribution is 6.00. The van der Waals surface area contributed by atoms with Gasteiger partial charge < -0.3 is 14.5 Å². The van der Waals surface area contributed by atoms with Crippen molar-refractivity contribution in [2.24, 2.45) is 0 Å². The van der Waals surface area contributed by atoms with Gasteiger partial charge in [-0.3, -0.25) is 9.20 Å². The summed E-state index contributed by atoms with van der Waals surface area (Å²) in [6.45, 7) is 8.01. The molecule has 7 heteroatoms. The molecule has 0 atom stereocenters. The average Bonchev–Trinajstić information content (AvgIpc) is 3.12. The Kier molecular flexibility index (Phi) is 5.44.